The van der Waals surface area contributed by atoms with Gasteiger partial charge in [-0.05, 0) is 45.8 Å². The Morgan fingerprint density at radius 3 is 2.47 bits per heavy atom. The zero-order valence-electron chi connectivity index (χ0n) is 7.61. The number of hydrogen-bond donors (Lipinski definition) is 1. The van der Waals surface area contributed by atoms with Gasteiger partial charge in [0.15, 0.2) is 6.29 Å². The molecule has 1 aromatic heterocycles. The number of carbonyl (C=O) groups is 1. The van der Waals surface area contributed by atoms with Gasteiger partial charge in [0.2, 0.25) is 0 Å². The van der Waals surface area contributed by atoms with Crippen molar-refractivity contribution in [1.82, 2.24) is 0 Å². The Kier molecular flexibility index (Phi) is 2.88. The number of aldehydes is 1. The van der Waals surface area contributed by atoms with Crippen LogP contribution in [-0.4, -0.2) is 11.4 Å². The van der Waals surface area contributed by atoms with E-state index < -0.39 is 0 Å². The van der Waals surface area contributed by atoms with E-state index in [1.54, 1.807) is 17.5 Å². The fourth-order valence-electron chi connectivity index (χ4n) is 1.24. The molecule has 15 heavy (non-hydrogen) atoms. The van der Waals surface area contributed by atoms with Crippen LogP contribution in [0.4, 0.5) is 0 Å². The summed E-state index contributed by atoms with van der Waals surface area (Å²) in [6.45, 7) is 0. The van der Waals surface area contributed by atoms with E-state index in [9.17, 15) is 4.79 Å². The highest BCUT2D eigenvalue weighted by atomic mass is 79.9. The van der Waals surface area contributed by atoms with Gasteiger partial charge in [-0.1, -0.05) is 0 Å². The molecule has 0 saturated carbocycles. The number of aromatic hydroxyl groups is 1. The molecule has 0 aliphatic heterocycles. The average molecular weight is 283 g/mol. The molecule has 0 aliphatic carbocycles. The van der Waals surface area contributed by atoms with E-state index in [1.807, 2.05) is 12.1 Å². The minimum Gasteiger partial charge on any atom is -0.508 e. The Morgan fingerprint density at radius 1 is 1.27 bits per heavy atom. The molecule has 76 valence electrons. The van der Waals surface area contributed by atoms with Crippen LogP contribution in [0.5, 0.6) is 5.75 Å². The van der Waals surface area contributed by atoms with Gasteiger partial charge in [-0.15, -0.1) is 11.3 Å². The summed E-state index contributed by atoms with van der Waals surface area (Å²) in [6, 6.07) is 6.89. The van der Waals surface area contributed by atoms with Gasteiger partial charge in [-0.3, -0.25) is 4.79 Å². The highest BCUT2D eigenvalue weighted by Crippen LogP contribution is 2.36. The molecule has 2 rings (SSSR count). The molecule has 0 radical (unpaired) electrons. The number of benzene rings is 1. The number of phenols is 1. The Labute approximate surface area is 99.3 Å². The Bertz CT molecular complexity index is 488. The maximum atomic E-state index is 10.7. The van der Waals surface area contributed by atoms with Gasteiger partial charge in [0.25, 0.3) is 0 Å². The molecule has 1 N–H and O–H groups in total. The van der Waals surface area contributed by atoms with E-state index in [2.05, 4.69) is 15.9 Å². The second-order valence-corrected chi connectivity index (χ2v) is 4.67. The number of halogens is 1. The summed E-state index contributed by atoms with van der Waals surface area (Å²) in [5, 5.41) is 11.0. The average Bonchev–Trinajstić information content (AvgIpc) is 2.61. The molecule has 4 heteroatoms. The zero-order valence-corrected chi connectivity index (χ0v) is 10.0. The quantitative estimate of drug-likeness (QED) is 0.853. The van der Waals surface area contributed by atoms with Crippen molar-refractivity contribution in [2.45, 2.75) is 0 Å². The fraction of sp³-hybridized carbons (Fsp3) is 0. The molecule has 0 bridgehead atoms. The van der Waals surface area contributed by atoms with Gasteiger partial charge < -0.3 is 5.11 Å². The first-order valence-corrected chi connectivity index (χ1v) is 5.91. The van der Waals surface area contributed by atoms with Crippen LogP contribution in [0.3, 0.4) is 0 Å². The summed E-state index contributed by atoms with van der Waals surface area (Å²) < 4.78 is 0.813. The number of carbonyl (C=O) groups excluding carboxylic acids is 1. The predicted molar refractivity (Wildman–Crippen MR) is 64.5 cm³/mol. The lowest BCUT2D eigenvalue weighted by Crippen LogP contribution is -1.76. The third kappa shape index (κ3) is 1.96. The van der Waals surface area contributed by atoms with E-state index in [4.69, 9.17) is 5.11 Å². The van der Waals surface area contributed by atoms with Gasteiger partial charge in [0, 0.05) is 20.3 Å². The van der Waals surface area contributed by atoms with Crippen LogP contribution in [0.25, 0.3) is 10.4 Å². The SMILES string of the molecule is O=Cc1csc(-c2ccc(O)cc2)c1Br. The van der Waals surface area contributed by atoms with Gasteiger partial charge >= 0.3 is 0 Å². The first-order valence-electron chi connectivity index (χ1n) is 4.24. The van der Waals surface area contributed by atoms with Crippen molar-refractivity contribution in [3.8, 4) is 16.2 Å². The monoisotopic (exact) mass is 282 g/mol. The van der Waals surface area contributed by atoms with E-state index >= 15 is 0 Å². The lowest BCUT2D eigenvalue weighted by Gasteiger charge is -1.99. The molecule has 1 aromatic carbocycles. The van der Waals surface area contributed by atoms with Crippen LogP contribution < -0.4 is 0 Å². The summed E-state index contributed by atoms with van der Waals surface area (Å²) in [6.07, 6.45) is 0.824. The molecule has 1 heterocycles. The molecule has 0 atom stereocenters. The summed E-state index contributed by atoms with van der Waals surface area (Å²) >= 11 is 4.88. The topological polar surface area (TPSA) is 37.3 Å². The Hall–Kier alpha value is -1.13. The van der Waals surface area contributed by atoms with E-state index in [1.165, 1.54) is 11.3 Å². The lowest BCUT2D eigenvalue weighted by atomic mass is 10.1. The minimum absolute atomic E-state index is 0.238. The van der Waals surface area contributed by atoms with Crippen LogP contribution in [-0.2, 0) is 0 Å². The molecular formula is C11H7BrO2S. The van der Waals surface area contributed by atoms with Crippen molar-refractivity contribution in [2.24, 2.45) is 0 Å². The van der Waals surface area contributed by atoms with Gasteiger partial charge in [-0.2, -0.15) is 0 Å². The van der Waals surface area contributed by atoms with Crippen molar-refractivity contribution in [3.63, 3.8) is 0 Å². The maximum absolute atomic E-state index is 10.7. The molecule has 0 fully saturated rings. The number of hydrogen-bond acceptors (Lipinski definition) is 3. The molecule has 0 amide bonds. The fourth-order valence-corrected chi connectivity index (χ4v) is 3.02. The van der Waals surface area contributed by atoms with Crippen LogP contribution in [0.15, 0.2) is 34.1 Å². The predicted octanol–water partition coefficient (Wildman–Crippen LogP) is 3.70. The highest BCUT2D eigenvalue weighted by molar-refractivity contribution is 9.10. The highest BCUT2D eigenvalue weighted by Gasteiger charge is 2.09. The van der Waals surface area contributed by atoms with E-state index in [0.29, 0.717) is 5.56 Å². The second-order valence-electron chi connectivity index (χ2n) is 3.00. The minimum atomic E-state index is 0.238. The van der Waals surface area contributed by atoms with Crippen LogP contribution in [0.1, 0.15) is 10.4 Å². The van der Waals surface area contributed by atoms with Crippen LogP contribution in [0.2, 0.25) is 0 Å². The summed E-state index contributed by atoms with van der Waals surface area (Å²) in [4.78, 5) is 11.7. The first kappa shape index (κ1) is 10.4. The van der Waals surface area contributed by atoms with Crippen molar-refractivity contribution in [3.05, 3.63) is 39.7 Å². The molecule has 0 spiro atoms. The molecular weight excluding hydrogens is 276 g/mol. The molecule has 2 nitrogen and oxygen atoms in total. The third-order valence-corrected chi connectivity index (χ3v) is 4.18. The van der Waals surface area contributed by atoms with Crippen LogP contribution in [0, 0.1) is 0 Å². The molecule has 2 aromatic rings. The number of phenolic OH excluding ortho intramolecular Hbond substituents is 1. The third-order valence-electron chi connectivity index (χ3n) is 2.01. The van der Waals surface area contributed by atoms with E-state index in [-0.39, 0.29) is 5.75 Å². The van der Waals surface area contributed by atoms with Crippen molar-refractivity contribution >= 4 is 33.6 Å². The Balaban J connectivity index is 2.49. The van der Waals surface area contributed by atoms with Crippen molar-refractivity contribution in [2.75, 3.05) is 0 Å². The van der Waals surface area contributed by atoms with Gasteiger partial charge in [0.05, 0.1) is 0 Å². The standard InChI is InChI=1S/C11H7BrO2S/c12-10-8(5-13)6-15-11(10)7-1-3-9(14)4-2-7/h1-6,14H. The van der Waals surface area contributed by atoms with E-state index in [0.717, 1.165) is 21.2 Å². The smallest absolute Gasteiger partial charge is 0.152 e. The summed E-state index contributed by atoms with van der Waals surface area (Å²) in [7, 11) is 0. The van der Waals surface area contributed by atoms with Gasteiger partial charge in [0.1, 0.15) is 5.75 Å². The molecule has 0 unspecified atom stereocenters. The Morgan fingerprint density at radius 2 is 1.93 bits per heavy atom. The number of thiophene rings is 1. The van der Waals surface area contributed by atoms with Crippen molar-refractivity contribution < 1.29 is 9.90 Å². The summed E-state index contributed by atoms with van der Waals surface area (Å²) in [5.74, 6) is 0.238. The lowest BCUT2D eigenvalue weighted by molar-refractivity contribution is 0.112. The molecule has 0 aliphatic rings. The summed E-state index contributed by atoms with van der Waals surface area (Å²) in [5.41, 5.74) is 1.64. The van der Waals surface area contributed by atoms with Crippen LogP contribution >= 0.6 is 27.3 Å². The maximum Gasteiger partial charge on any atom is 0.152 e. The van der Waals surface area contributed by atoms with Gasteiger partial charge in [-0.25, -0.2) is 0 Å². The van der Waals surface area contributed by atoms with Crippen molar-refractivity contribution in [1.29, 1.82) is 0 Å². The molecule has 0 saturated heterocycles. The normalized spacial score (nSPS) is 10.2. The zero-order chi connectivity index (χ0) is 10.8. The first-order chi connectivity index (χ1) is 7.22. The largest absolute Gasteiger partial charge is 0.508 e. The second kappa shape index (κ2) is 4.16. The number of rotatable bonds is 2.